The van der Waals surface area contributed by atoms with Gasteiger partial charge in [0.15, 0.2) is 0 Å². The normalized spacial score (nSPS) is 15.1. The Morgan fingerprint density at radius 1 is 1.00 bits per heavy atom. The van der Waals surface area contributed by atoms with E-state index in [-0.39, 0.29) is 23.6 Å². The van der Waals surface area contributed by atoms with E-state index in [2.05, 4.69) is 17.4 Å². The first-order valence-electron chi connectivity index (χ1n) is 9.15. The van der Waals surface area contributed by atoms with Crippen molar-refractivity contribution in [3.8, 4) is 0 Å². The van der Waals surface area contributed by atoms with Crippen LogP contribution in [-0.4, -0.2) is 21.6 Å². The van der Waals surface area contributed by atoms with Gasteiger partial charge in [0.2, 0.25) is 5.91 Å². The molecule has 26 heavy (non-hydrogen) atoms. The monoisotopic (exact) mass is 349 g/mol. The molecule has 0 bridgehead atoms. The Labute approximate surface area is 152 Å². The summed E-state index contributed by atoms with van der Waals surface area (Å²) in [6.45, 7) is 3.20. The Bertz CT molecular complexity index is 997. The lowest BCUT2D eigenvalue weighted by molar-refractivity contribution is -0.121. The summed E-state index contributed by atoms with van der Waals surface area (Å²) in [4.78, 5) is 25.2. The zero-order valence-corrected chi connectivity index (χ0v) is 14.9. The molecular weight excluding hydrogens is 326 g/mol. The van der Waals surface area contributed by atoms with Crippen LogP contribution >= 0.6 is 0 Å². The van der Waals surface area contributed by atoms with Crippen molar-refractivity contribution in [3.63, 3.8) is 0 Å². The van der Waals surface area contributed by atoms with Gasteiger partial charge in [0.1, 0.15) is 6.54 Å². The smallest absolute Gasteiger partial charge is 0.329 e. The molecule has 5 nitrogen and oxygen atoms in total. The third-order valence-electron chi connectivity index (χ3n) is 5.41. The lowest BCUT2D eigenvalue weighted by Crippen LogP contribution is -2.37. The number of nitrogens with zero attached hydrogens (tertiary/aromatic N) is 2. The molecule has 1 fully saturated rings. The predicted molar refractivity (Wildman–Crippen MR) is 102 cm³/mol. The van der Waals surface area contributed by atoms with Gasteiger partial charge in [-0.05, 0) is 37.5 Å². The van der Waals surface area contributed by atoms with Gasteiger partial charge in [-0.3, -0.25) is 13.9 Å². The van der Waals surface area contributed by atoms with Gasteiger partial charge in [0.05, 0.1) is 11.0 Å². The van der Waals surface area contributed by atoms with Gasteiger partial charge in [-0.15, -0.1) is 0 Å². The molecule has 0 saturated heterocycles. The second-order valence-corrected chi connectivity index (χ2v) is 7.02. The number of hydrogen-bond donors (Lipinski definition) is 1. The maximum absolute atomic E-state index is 12.6. The molecule has 1 heterocycles. The fourth-order valence-electron chi connectivity index (χ4n) is 3.71. The molecule has 0 spiro atoms. The van der Waals surface area contributed by atoms with Crippen LogP contribution < -0.4 is 11.0 Å². The van der Waals surface area contributed by atoms with E-state index in [4.69, 9.17) is 0 Å². The minimum absolute atomic E-state index is 0.0528. The molecule has 1 aliphatic carbocycles. The minimum atomic E-state index is -0.131. The second kappa shape index (κ2) is 6.48. The van der Waals surface area contributed by atoms with Crippen molar-refractivity contribution in [2.24, 2.45) is 0 Å². The van der Waals surface area contributed by atoms with Crippen molar-refractivity contribution in [1.29, 1.82) is 0 Å². The molecule has 5 heteroatoms. The summed E-state index contributed by atoms with van der Waals surface area (Å²) in [5.74, 6) is -0.117. The van der Waals surface area contributed by atoms with Gasteiger partial charge in [-0.1, -0.05) is 42.5 Å². The van der Waals surface area contributed by atoms with Gasteiger partial charge in [0.25, 0.3) is 0 Å². The third-order valence-corrected chi connectivity index (χ3v) is 5.41. The number of hydrogen-bond acceptors (Lipinski definition) is 2. The Morgan fingerprint density at radius 2 is 1.62 bits per heavy atom. The minimum Gasteiger partial charge on any atom is -0.354 e. The number of carbonyl (C=O) groups excluding carboxylic acids is 1. The SMILES string of the molecule is CCn1c(=O)n(CC(=O)NCC2(c3ccccc3)CC2)c2ccccc21. The zero-order valence-electron chi connectivity index (χ0n) is 14.9. The van der Waals surface area contributed by atoms with Crippen LogP contribution in [0, 0.1) is 0 Å². The van der Waals surface area contributed by atoms with Crippen LogP contribution in [0.4, 0.5) is 0 Å². The number of aromatic nitrogens is 2. The largest absolute Gasteiger partial charge is 0.354 e. The quantitative estimate of drug-likeness (QED) is 0.744. The topological polar surface area (TPSA) is 56.0 Å². The summed E-state index contributed by atoms with van der Waals surface area (Å²) in [6.07, 6.45) is 2.18. The van der Waals surface area contributed by atoms with Crippen molar-refractivity contribution in [3.05, 3.63) is 70.6 Å². The highest BCUT2D eigenvalue weighted by Gasteiger charge is 2.44. The van der Waals surface area contributed by atoms with E-state index >= 15 is 0 Å². The third kappa shape index (κ3) is 2.83. The van der Waals surface area contributed by atoms with Crippen molar-refractivity contribution in [1.82, 2.24) is 14.5 Å². The Kier molecular flexibility index (Phi) is 4.15. The molecule has 1 amide bonds. The van der Waals surface area contributed by atoms with Gasteiger partial charge < -0.3 is 5.32 Å². The van der Waals surface area contributed by atoms with Gasteiger partial charge >= 0.3 is 5.69 Å². The lowest BCUT2D eigenvalue weighted by Gasteiger charge is -2.16. The van der Waals surface area contributed by atoms with E-state index in [0.717, 1.165) is 23.9 Å². The fraction of sp³-hybridized carbons (Fsp3) is 0.333. The Hall–Kier alpha value is -2.82. The molecule has 134 valence electrons. The first-order valence-corrected chi connectivity index (χ1v) is 9.15. The second-order valence-electron chi connectivity index (χ2n) is 7.02. The van der Waals surface area contributed by atoms with Crippen LogP contribution in [0.5, 0.6) is 0 Å². The van der Waals surface area contributed by atoms with E-state index in [9.17, 15) is 9.59 Å². The number of fused-ring (bicyclic) bond motifs is 1. The maximum Gasteiger partial charge on any atom is 0.329 e. The van der Waals surface area contributed by atoms with Crippen LogP contribution in [0.15, 0.2) is 59.4 Å². The van der Waals surface area contributed by atoms with Crippen LogP contribution in [0.3, 0.4) is 0 Å². The van der Waals surface area contributed by atoms with Crippen LogP contribution in [-0.2, 0) is 23.3 Å². The number of rotatable bonds is 6. The number of nitrogens with one attached hydrogen (secondary N) is 1. The van der Waals surface area contributed by atoms with Crippen molar-refractivity contribution < 1.29 is 4.79 Å². The van der Waals surface area contributed by atoms with E-state index in [1.807, 2.05) is 49.4 Å². The highest BCUT2D eigenvalue weighted by atomic mass is 16.2. The van der Waals surface area contributed by atoms with E-state index in [1.54, 1.807) is 9.13 Å². The lowest BCUT2D eigenvalue weighted by atomic mass is 9.96. The molecular formula is C21H23N3O2. The Balaban J connectivity index is 1.50. The molecule has 4 rings (SSSR count). The number of amides is 1. The van der Waals surface area contributed by atoms with Gasteiger partial charge in [0, 0.05) is 18.5 Å². The average molecular weight is 349 g/mol. The van der Waals surface area contributed by atoms with Gasteiger partial charge in [-0.2, -0.15) is 0 Å². The summed E-state index contributed by atoms with van der Waals surface area (Å²) in [7, 11) is 0. The molecule has 1 aromatic heterocycles. The standard InChI is InChI=1S/C21H23N3O2/c1-2-23-17-10-6-7-11-18(17)24(20(23)26)14-19(25)22-15-21(12-13-21)16-8-4-3-5-9-16/h3-11H,2,12-15H2,1H3,(H,22,25). The van der Waals surface area contributed by atoms with Crippen molar-refractivity contribution in [2.75, 3.05) is 6.54 Å². The number of carbonyl (C=O) groups is 1. The molecule has 0 radical (unpaired) electrons. The summed E-state index contributed by atoms with van der Waals surface area (Å²) in [5.41, 5.74) is 2.89. The predicted octanol–water partition coefficient (Wildman–Crippen LogP) is 2.67. The summed E-state index contributed by atoms with van der Waals surface area (Å²) in [5, 5.41) is 3.04. The molecule has 0 atom stereocenters. The number of benzene rings is 2. The van der Waals surface area contributed by atoms with Gasteiger partial charge in [-0.25, -0.2) is 4.79 Å². The van der Waals surface area contributed by atoms with E-state index < -0.39 is 0 Å². The molecule has 3 aromatic rings. The molecule has 1 saturated carbocycles. The summed E-state index contributed by atoms with van der Waals surface area (Å²) in [6, 6.07) is 17.9. The molecule has 1 N–H and O–H groups in total. The number of imidazole rings is 1. The zero-order chi connectivity index (χ0) is 18.1. The number of para-hydroxylation sites is 2. The van der Waals surface area contributed by atoms with Crippen LogP contribution in [0.2, 0.25) is 0 Å². The summed E-state index contributed by atoms with van der Waals surface area (Å²) >= 11 is 0. The van der Waals surface area contributed by atoms with Crippen molar-refractivity contribution in [2.45, 2.75) is 38.3 Å². The van der Waals surface area contributed by atoms with Crippen LogP contribution in [0.1, 0.15) is 25.3 Å². The maximum atomic E-state index is 12.6. The van der Waals surface area contributed by atoms with E-state index in [0.29, 0.717) is 13.1 Å². The Morgan fingerprint density at radius 3 is 2.23 bits per heavy atom. The van der Waals surface area contributed by atoms with Crippen LogP contribution in [0.25, 0.3) is 11.0 Å². The average Bonchev–Trinajstić information content (AvgIpc) is 3.42. The molecule has 1 aliphatic rings. The molecule has 0 aliphatic heterocycles. The highest BCUT2D eigenvalue weighted by Crippen LogP contribution is 2.47. The number of aryl methyl sites for hydroxylation is 1. The van der Waals surface area contributed by atoms with Crippen molar-refractivity contribution >= 4 is 16.9 Å². The first-order chi connectivity index (χ1) is 12.6. The molecule has 2 aromatic carbocycles. The van der Waals surface area contributed by atoms with E-state index in [1.165, 1.54) is 5.56 Å². The summed E-state index contributed by atoms with van der Waals surface area (Å²) < 4.78 is 3.27. The highest BCUT2D eigenvalue weighted by molar-refractivity contribution is 5.81. The first kappa shape index (κ1) is 16.6. The molecule has 0 unspecified atom stereocenters. The fourth-order valence-corrected chi connectivity index (χ4v) is 3.71.